The molecule has 0 saturated heterocycles. The second-order valence-corrected chi connectivity index (χ2v) is 9.13. The first-order valence-corrected chi connectivity index (χ1v) is 10.6. The molecule has 3 N–H and O–H groups in total. The van der Waals surface area contributed by atoms with Crippen LogP contribution in [0.5, 0.6) is 0 Å². The van der Waals surface area contributed by atoms with Crippen LogP contribution in [0.25, 0.3) is 0 Å². The molecule has 6 heteroatoms. The minimum atomic E-state index is -0.221. The smallest absolute Gasteiger partial charge is 0.238 e. The molecule has 0 aliphatic heterocycles. The summed E-state index contributed by atoms with van der Waals surface area (Å²) in [5.41, 5.74) is 8.33. The number of anilines is 2. The zero-order valence-electron chi connectivity index (χ0n) is 15.0. The van der Waals surface area contributed by atoms with E-state index in [0.29, 0.717) is 28.6 Å². The number of fused-ring (bicyclic) bond motifs is 1. The number of thioether (sulfide) groups is 1. The third kappa shape index (κ3) is 4.05. The van der Waals surface area contributed by atoms with E-state index in [-0.39, 0.29) is 11.2 Å². The van der Waals surface area contributed by atoms with Gasteiger partial charge in [-0.2, -0.15) is 5.26 Å². The molecule has 1 heterocycles. The predicted molar refractivity (Wildman–Crippen MR) is 110 cm³/mol. The molecule has 0 bridgehead atoms. The number of hydrogen-bond donors (Lipinski definition) is 2. The van der Waals surface area contributed by atoms with Crippen LogP contribution in [0.3, 0.4) is 0 Å². The first-order chi connectivity index (χ1) is 12.5. The topological polar surface area (TPSA) is 78.9 Å². The molecule has 3 rings (SSSR count). The summed E-state index contributed by atoms with van der Waals surface area (Å²) in [6.45, 7) is 4.23. The molecule has 0 fully saturated rings. The number of carbonyl (C=O) groups is 1. The van der Waals surface area contributed by atoms with E-state index in [1.165, 1.54) is 16.6 Å². The lowest BCUT2D eigenvalue weighted by Crippen LogP contribution is -2.24. The monoisotopic (exact) mass is 385 g/mol. The van der Waals surface area contributed by atoms with Gasteiger partial charge in [0, 0.05) is 15.5 Å². The highest BCUT2D eigenvalue weighted by Gasteiger charge is 2.26. The normalized spacial score (nSPS) is 17.2. The van der Waals surface area contributed by atoms with Crippen molar-refractivity contribution in [3.05, 3.63) is 40.3 Å². The van der Waals surface area contributed by atoms with Crippen molar-refractivity contribution in [1.82, 2.24) is 0 Å². The van der Waals surface area contributed by atoms with Gasteiger partial charge in [0.15, 0.2) is 0 Å². The summed E-state index contributed by atoms with van der Waals surface area (Å²) in [6, 6.07) is 9.88. The summed E-state index contributed by atoms with van der Waals surface area (Å²) in [4.78, 5) is 15.0. The van der Waals surface area contributed by atoms with Crippen molar-refractivity contribution >= 4 is 39.7 Å². The molecule has 1 aliphatic carbocycles. The van der Waals surface area contributed by atoms with Crippen molar-refractivity contribution in [2.24, 2.45) is 5.92 Å². The molecule has 2 aromatic rings. The lowest BCUT2D eigenvalue weighted by atomic mass is 9.88. The lowest BCUT2D eigenvalue weighted by Gasteiger charge is -2.17. The van der Waals surface area contributed by atoms with Crippen molar-refractivity contribution in [2.75, 3.05) is 11.1 Å². The highest BCUT2D eigenvalue weighted by Crippen LogP contribution is 2.39. The second kappa shape index (κ2) is 8.15. The number of nitriles is 1. The highest BCUT2D eigenvalue weighted by atomic mass is 32.2. The van der Waals surface area contributed by atoms with E-state index in [9.17, 15) is 10.1 Å². The number of benzene rings is 1. The van der Waals surface area contributed by atoms with Gasteiger partial charge in [-0.1, -0.05) is 19.9 Å². The van der Waals surface area contributed by atoms with E-state index in [4.69, 9.17) is 5.73 Å². The molecular formula is C20H23N3OS2. The van der Waals surface area contributed by atoms with E-state index in [2.05, 4.69) is 18.3 Å². The Morgan fingerprint density at radius 1 is 1.54 bits per heavy atom. The zero-order chi connectivity index (χ0) is 18.7. The standard InChI is InChI=1S/C20H23N3OS2/c1-3-17(25-14-6-4-5-13(22)10-14)19(24)23-20-16(11-21)15-8-7-12(2)9-18(15)26-20/h4-6,10,12,17H,3,7-9,22H2,1-2H3,(H,23,24). The predicted octanol–water partition coefficient (Wildman–Crippen LogP) is 4.84. The van der Waals surface area contributed by atoms with Crippen LogP contribution in [0.1, 0.15) is 42.7 Å². The summed E-state index contributed by atoms with van der Waals surface area (Å²) < 4.78 is 0. The van der Waals surface area contributed by atoms with Crippen LogP contribution in [-0.2, 0) is 17.6 Å². The first-order valence-electron chi connectivity index (χ1n) is 8.89. The van der Waals surface area contributed by atoms with Gasteiger partial charge in [-0.25, -0.2) is 0 Å². The van der Waals surface area contributed by atoms with Crippen LogP contribution in [-0.4, -0.2) is 11.2 Å². The van der Waals surface area contributed by atoms with Gasteiger partial charge in [0.2, 0.25) is 5.91 Å². The molecule has 1 amide bonds. The van der Waals surface area contributed by atoms with Crippen LogP contribution in [0.2, 0.25) is 0 Å². The number of nitrogens with two attached hydrogens (primary N) is 1. The Bertz CT molecular complexity index is 853. The quantitative estimate of drug-likeness (QED) is 0.570. The fourth-order valence-electron chi connectivity index (χ4n) is 3.22. The average Bonchev–Trinajstić information content (AvgIpc) is 2.95. The van der Waals surface area contributed by atoms with E-state index in [1.54, 1.807) is 11.3 Å². The minimum absolute atomic E-state index is 0.0527. The summed E-state index contributed by atoms with van der Waals surface area (Å²) in [5.74, 6) is 0.585. The van der Waals surface area contributed by atoms with Gasteiger partial charge in [-0.3, -0.25) is 4.79 Å². The van der Waals surface area contributed by atoms with Crippen LogP contribution in [0.15, 0.2) is 29.2 Å². The number of rotatable bonds is 5. The molecule has 1 aromatic heterocycles. The van der Waals surface area contributed by atoms with Crippen LogP contribution < -0.4 is 11.1 Å². The van der Waals surface area contributed by atoms with Crippen LogP contribution >= 0.6 is 23.1 Å². The number of carbonyl (C=O) groups excluding carboxylic acids is 1. The average molecular weight is 386 g/mol. The maximum Gasteiger partial charge on any atom is 0.238 e. The number of hydrogen-bond acceptors (Lipinski definition) is 5. The molecule has 26 heavy (non-hydrogen) atoms. The Kier molecular flexibility index (Phi) is 5.90. The Morgan fingerprint density at radius 3 is 3.04 bits per heavy atom. The van der Waals surface area contributed by atoms with Gasteiger partial charge in [-0.05, 0) is 55.4 Å². The fraction of sp³-hybridized carbons (Fsp3) is 0.400. The molecule has 1 aliphatic rings. The summed E-state index contributed by atoms with van der Waals surface area (Å²) >= 11 is 3.08. The molecular weight excluding hydrogens is 362 g/mol. The third-order valence-corrected chi connectivity index (χ3v) is 7.19. The van der Waals surface area contributed by atoms with Crippen LogP contribution in [0.4, 0.5) is 10.7 Å². The van der Waals surface area contributed by atoms with Crippen LogP contribution in [0, 0.1) is 17.2 Å². The lowest BCUT2D eigenvalue weighted by molar-refractivity contribution is -0.115. The Labute approximate surface area is 162 Å². The Hall–Kier alpha value is -1.97. The van der Waals surface area contributed by atoms with E-state index in [0.717, 1.165) is 29.7 Å². The van der Waals surface area contributed by atoms with Crippen molar-refractivity contribution in [3.63, 3.8) is 0 Å². The van der Waals surface area contributed by atoms with E-state index in [1.807, 2.05) is 31.2 Å². The van der Waals surface area contributed by atoms with Gasteiger partial charge in [0.05, 0.1) is 10.8 Å². The molecule has 2 atom stereocenters. The second-order valence-electron chi connectivity index (χ2n) is 6.74. The Morgan fingerprint density at radius 2 is 2.35 bits per heavy atom. The maximum atomic E-state index is 12.8. The number of amides is 1. The van der Waals surface area contributed by atoms with Gasteiger partial charge in [0.25, 0.3) is 0 Å². The number of nitrogens with one attached hydrogen (secondary N) is 1. The third-order valence-electron chi connectivity index (χ3n) is 4.66. The zero-order valence-corrected chi connectivity index (χ0v) is 16.7. The maximum absolute atomic E-state index is 12.8. The van der Waals surface area contributed by atoms with Crippen molar-refractivity contribution in [1.29, 1.82) is 5.26 Å². The minimum Gasteiger partial charge on any atom is -0.399 e. The largest absolute Gasteiger partial charge is 0.399 e. The highest BCUT2D eigenvalue weighted by molar-refractivity contribution is 8.00. The number of thiophene rings is 1. The molecule has 4 nitrogen and oxygen atoms in total. The number of nitrogen functional groups attached to an aromatic ring is 1. The van der Waals surface area contributed by atoms with Crippen molar-refractivity contribution in [3.8, 4) is 6.07 Å². The molecule has 0 saturated carbocycles. The summed E-state index contributed by atoms with van der Waals surface area (Å²) in [5, 5.41) is 13.1. The van der Waals surface area contributed by atoms with Crippen molar-refractivity contribution < 1.29 is 4.79 Å². The van der Waals surface area contributed by atoms with E-state index < -0.39 is 0 Å². The fourth-order valence-corrected chi connectivity index (χ4v) is 5.61. The molecule has 136 valence electrons. The van der Waals surface area contributed by atoms with Gasteiger partial charge in [0.1, 0.15) is 11.1 Å². The summed E-state index contributed by atoms with van der Waals surface area (Å²) in [7, 11) is 0. The molecule has 1 aromatic carbocycles. The molecule has 0 radical (unpaired) electrons. The number of nitrogens with zero attached hydrogens (tertiary/aromatic N) is 1. The summed E-state index contributed by atoms with van der Waals surface area (Å²) in [6.07, 6.45) is 3.74. The molecule has 2 unspecified atom stereocenters. The van der Waals surface area contributed by atoms with E-state index >= 15 is 0 Å². The molecule has 0 spiro atoms. The Balaban J connectivity index is 1.77. The SMILES string of the molecule is CCC(Sc1cccc(N)c1)C(=O)Nc1sc2c(c1C#N)CCC(C)C2. The van der Waals surface area contributed by atoms with Gasteiger partial charge < -0.3 is 11.1 Å². The first kappa shape index (κ1) is 18.8. The van der Waals surface area contributed by atoms with Gasteiger partial charge in [-0.15, -0.1) is 23.1 Å². The van der Waals surface area contributed by atoms with Gasteiger partial charge >= 0.3 is 0 Å². The van der Waals surface area contributed by atoms with Crippen molar-refractivity contribution in [2.45, 2.75) is 49.7 Å².